The molecule has 1 aromatic carbocycles. The van der Waals surface area contributed by atoms with Gasteiger partial charge in [0.15, 0.2) is 4.96 Å². The number of benzene rings is 1. The van der Waals surface area contributed by atoms with E-state index in [9.17, 15) is 9.59 Å². The molecule has 116 valence electrons. The zero-order chi connectivity index (χ0) is 16.4. The van der Waals surface area contributed by atoms with Crippen LogP contribution < -0.4 is 5.56 Å². The maximum atomic E-state index is 12.2. The predicted octanol–water partition coefficient (Wildman–Crippen LogP) is 3.21. The summed E-state index contributed by atoms with van der Waals surface area (Å²) >= 11 is 7.08. The van der Waals surface area contributed by atoms with Gasteiger partial charge in [-0.05, 0) is 23.8 Å². The lowest BCUT2D eigenvalue weighted by Gasteiger charge is -1.99. The van der Waals surface area contributed by atoms with Gasteiger partial charge in [-0.2, -0.15) is 0 Å². The zero-order valence-electron chi connectivity index (χ0n) is 11.8. The molecule has 0 unspecified atom stereocenters. The van der Waals surface area contributed by atoms with Crippen LogP contribution in [0.15, 0.2) is 40.5 Å². The highest BCUT2D eigenvalue weighted by molar-refractivity contribution is 7.15. The summed E-state index contributed by atoms with van der Waals surface area (Å²) in [6.45, 7) is 0. The monoisotopic (exact) mass is 346 g/mol. The van der Waals surface area contributed by atoms with E-state index >= 15 is 0 Å². The third-order valence-electron chi connectivity index (χ3n) is 3.14. The number of hydrogen-bond donors (Lipinski definition) is 1. The van der Waals surface area contributed by atoms with E-state index in [-0.39, 0.29) is 12.0 Å². The molecule has 0 aliphatic carbocycles. The van der Waals surface area contributed by atoms with Gasteiger partial charge in [0.25, 0.3) is 5.56 Å². The Balaban J connectivity index is 1.95. The number of aromatic nitrogens is 2. The van der Waals surface area contributed by atoms with Gasteiger partial charge in [-0.15, -0.1) is 11.3 Å². The Bertz CT molecular complexity index is 958. The van der Waals surface area contributed by atoms with E-state index in [0.717, 1.165) is 5.56 Å². The van der Waals surface area contributed by atoms with Crippen LogP contribution in [0.1, 0.15) is 17.0 Å². The van der Waals surface area contributed by atoms with Crippen molar-refractivity contribution in [3.05, 3.63) is 68.0 Å². The molecule has 0 fully saturated rings. The van der Waals surface area contributed by atoms with Crippen molar-refractivity contribution in [2.75, 3.05) is 0 Å². The number of thiazole rings is 1. The molecule has 0 radical (unpaired) electrons. The molecule has 0 aliphatic rings. The van der Waals surface area contributed by atoms with E-state index in [4.69, 9.17) is 16.7 Å². The topological polar surface area (TPSA) is 71.7 Å². The molecule has 0 bridgehead atoms. The van der Waals surface area contributed by atoms with Crippen LogP contribution in [0.3, 0.4) is 0 Å². The molecule has 3 aromatic rings. The van der Waals surface area contributed by atoms with Gasteiger partial charge in [0, 0.05) is 22.2 Å². The molecule has 7 heteroatoms. The summed E-state index contributed by atoms with van der Waals surface area (Å²) in [6, 6.07) is 8.67. The molecule has 3 rings (SSSR count). The fraction of sp³-hybridized carbons (Fsp3) is 0.0625. The predicted molar refractivity (Wildman–Crippen MR) is 91.1 cm³/mol. The Morgan fingerprint density at radius 3 is 2.74 bits per heavy atom. The van der Waals surface area contributed by atoms with Gasteiger partial charge in [-0.1, -0.05) is 29.8 Å². The van der Waals surface area contributed by atoms with Crippen molar-refractivity contribution in [2.24, 2.45) is 0 Å². The Morgan fingerprint density at radius 2 is 2.04 bits per heavy atom. The molecule has 0 saturated carbocycles. The average molecular weight is 347 g/mol. The van der Waals surface area contributed by atoms with Crippen molar-refractivity contribution in [3.63, 3.8) is 0 Å². The number of nitrogens with zero attached hydrogens (tertiary/aromatic N) is 2. The van der Waals surface area contributed by atoms with Crippen molar-refractivity contribution in [1.29, 1.82) is 0 Å². The van der Waals surface area contributed by atoms with Crippen molar-refractivity contribution < 1.29 is 9.90 Å². The second kappa shape index (κ2) is 6.36. The SMILES string of the molecule is O=C(O)Cc1csc2nc(C=Cc3ccc(Cl)cc3)cc(=O)n12. The first kappa shape index (κ1) is 15.5. The standard InChI is InChI=1S/C16H11ClN2O3S/c17-11-4-1-10(2-5-11)3-6-12-7-14(20)19-13(8-15(21)22)9-23-16(19)18-12/h1-7,9H,8H2,(H,21,22). The van der Waals surface area contributed by atoms with E-state index in [1.807, 2.05) is 18.2 Å². The molecule has 2 heterocycles. The summed E-state index contributed by atoms with van der Waals surface area (Å²) < 4.78 is 1.33. The molecule has 0 aliphatic heterocycles. The highest BCUT2D eigenvalue weighted by atomic mass is 35.5. The first-order valence-corrected chi connectivity index (χ1v) is 7.94. The van der Waals surface area contributed by atoms with Crippen LogP contribution in [-0.2, 0) is 11.2 Å². The Labute approximate surface area is 140 Å². The maximum Gasteiger partial charge on any atom is 0.309 e. The number of halogens is 1. The van der Waals surface area contributed by atoms with Gasteiger partial charge in [-0.25, -0.2) is 4.98 Å². The van der Waals surface area contributed by atoms with Crippen molar-refractivity contribution in [1.82, 2.24) is 9.38 Å². The Hall–Kier alpha value is -2.44. The van der Waals surface area contributed by atoms with Crippen LogP contribution in [0.4, 0.5) is 0 Å². The molecular formula is C16H11ClN2O3S. The zero-order valence-corrected chi connectivity index (χ0v) is 13.3. The molecule has 0 amide bonds. The summed E-state index contributed by atoms with van der Waals surface area (Å²) in [6.07, 6.45) is 3.36. The Morgan fingerprint density at radius 1 is 1.30 bits per heavy atom. The Kier molecular flexibility index (Phi) is 4.27. The van der Waals surface area contributed by atoms with Gasteiger partial charge >= 0.3 is 5.97 Å². The third-order valence-corrected chi connectivity index (χ3v) is 4.27. The number of rotatable bonds is 4. The summed E-state index contributed by atoms with van der Waals surface area (Å²) in [5, 5.41) is 11.2. The second-order valence-electron chi connectivity index (χ2n) is 4.82. The highest BCUT2D eigenvalue weighted by Gasteiger charge is 2.10. The van der Waals surface area contributed by atoms with Crippen LogP contribution in [-0.4, -0.2) is 20.5 Å². The normalized spacial score (nSPS) is 11.3. The second-order valence-corrected chi connectivity index (χ2v) is 6.09. The minimum atomic E-state index is -0.983. The molecule has 0 spiro atoms. The summed E-state index contributed by atoms with van der Waals surface area (Å²) in [5.74, 6) is -0.983. The lowest BCUT2D eigenvalue weighted by molar-refractivity contribution is -0.136. The van der Waals surface area contributed by atoms with Gasteiger partial charge in [0.2, 0.25) is 0 Å². The summed E-state index contributed by atoms with van der Waals surface area (Å²) in [5.41, 5.74) is 1.61. The number of carboxylic acids is 1. The van der Waals surface area contributed by atoms with Crippen molar-refractivity contribution in [2.45, 2.75) is 6.42 Å². The minimum Gasteiger partial charge on any atom is -0.481 e. The third kappa shape index (κ3) is 3.49. The van der Waals surface area contributed by atoms with E-state index < -0.39 is 5.97 Å². The smallest absolute Gasteiger partial charge is 0.309 e. The fourth-order valence-corrected chi connectivity index (χ4v) is 3.14. The first-order valence-electron chi connectivity index (χ1n) is 6.68. The van der Waals surface area contributed by atoms with Crippen LogP contribution in [0.5, 0.6) is 0 Å². The van der Waals surface area contributed by atoms with Gasteiger partial charge in [-0.3, -0.25) is 14.0 Å². The number of fused-ring (bicyclic) bond motifs is 1. The highest BCUT2D eigenvalue weighted by Crippen LogP contribution is 2.15. The van der Waals surface area contributed by atoms with Gasteiger partial charge in [0.05, 0.1) is 12.1 Å². The van der Waals surface area contributed by atoms with E-state index in [0.29, 0.717) is 21.4 Å². The number of hydrogen-bond acceptors (Lipinski definition) is 4. The van der Waals surface area contributed by atoms with E-state index in [1.54, 1.807) is 23.6 Å². The number of carboxylic acid groups (broad SMARTS) is 1. The van der Waals surface area contributed by atoms with Crippen LogP contribution in [0, 0.1) is 0 Å². The molecule has 1 N–H and O–H groups in total. The average Bonchev–Trinajstić information content (AvgIpc) is 2.89. The lowest BCUT2D eigenvalue weighted by Crippen LogP contribution is -2.17. The van der Waals surface area contributed by atoms with Gasteiger partial charge in [0.1, 0.15) is 0 Å². The molecule has 2 aromatic heterocycles. The molecule has 0 atom stereocenters. The van der Waals surface area contributed by atoms with Crippen molar-refractivity contribution >= 4 is 46.0 Å². The maximum absolute atomic E-state index is 12.2. The molecule has 5 nitrogen and oxygen atoms in total. The molecule has 0 saturated heterocycles. The van der Waals surface area contributed by atoms with Gasteiger partial charge < -0.3 is 5.11 Å². The first-order chi connectivity index (χ1) is 11.0. The van der Waals surface area contributed by atoms with Crippen LogP contribution in [0.25, 0.3) is 17.1 Å². The lowest BCUT2D eigenvalue weighted by atomic mass is 10.2. The van der Waals surface area contributed by atoms with E-state index in [2.05, 4.69) is 4.98 Å². The quantitative estimate of drug-likeness (QED) is 0.787. The molecular weight excluding hydrogens is 336 g/mol. The molecule has 23 heavy (non-hydrogen) atoms. The van der Waals surface area contributed by atoms with Crippen LogP contribution in [0.2, 0.25) is 5.02 Å². The summed E-state index contributed by atoms with van der Waals surface area (Å²) in [7, 11) is 0. The number of aliphatic carboxylic acids is 1. The van der Waals surface area contributed by atoms with Crippen LogP contribution >= 0.6 is 22.9 Å². The van der Waals surface area contributed by atoms with Crippen molar-refractivity contribution in [3.8, 4) is 0 Å². The van der Waals surface area contributed by atoms with E-state index in [1.165, 1.54) is 21.8 Å². The summed E-state index contributed by atoms with van der Waals surface area (Å²) in [4.78, 5) is 27.9. The fourth-order valence-electron chi connectivity index (χ4n) is 2.11. The minimum absolute atomic E-state index is 0.207. The largest absolute Gasteiger partial charge is 0.481 e. The number of carbonyl (C=O) groups is 1.